The summed E-state index contributed by atoms with van der Waals surface area (Å²) in [5, 5.41) is 2.04. The molecular weight excluding hydrogens is 278 g/mol. The number of hydrogen-bond acceptors (Lipinski definition) is 6. The van der Waals surface area contributed by atoms with Crippen molar-refractivity contribution in [3.63, 3.8) is 0 Å². The van der Waals surface area contributed by atoms with Gasteiger partial charge in [-0.3, -0.25) is 9.69 Å². The van der Waals surface area contributed by atoms with Crippen molar-refractivity contribution in [1.29, 1.82) is 0 Å². The Hall–Kier alpha value is -1.40. The van der Waals surface area contributed by atoms with Crippen molar-refractivity contribution in [1.82, 2.24) is 4.90 Å². The SMILES string of the molecule is CC(=O)c1cc(CN2CCC3(CC2)COC(=O)O3)cs1. The third kappa shape index (κ3) is 2.71. The largest absolute Gasteiger partial charge is 0.509 e. The Morgan fingerprint density at radius 3 is 2.75 bits per heavy atom. The molecule has 0 bridgehead atoms. The first kappa shape index (κ1) is 13.6. The van der Waals surface area contributed by atoms with E-state index >= 15 is 0 Å². The van der Waals surface area contributed by atoms with E-state index in [0.29, 0.717) is 6.61 Å². The summed E-state index contributed by atoms with van der Waals surface area (Å²) >= 11 is 1.50. The molecule has 0 atom stereocenters. The normalized spacial score (nSPS) is 21.8. The van der Waals surface area contributed by atoms with Crippen LogP contribution in [0.15, 0.2) is 11.4 Å². The highest BCUT2D eigenvalue weighted by molar-refractivity contribution is 7.12. The number of Topliss-reactive ketones (excluding diaryl/α,β-unsaturated/α-hetero) is 1. The summed E-state index contributed by atoms with van der Waals surface area (Å²) in [5.74, 6) is 0.119. The Morgan fingerprint density at radius 2 is 2.20 bits per heavy atom. The highest BCUT2D eigenvalue weighted by Gasteiger charge is 2.44. The van der Waals surface area contributed by atoms with Crippen LogP contribution in [-0.4, -0.2) is 42.1 Å². The summed E-state index contributed by atoms with van der Waals surface area (Å²) in [6, 6.07) is 1.97. The predicted octanol–water partition coefficient (Wildman–Crippen LogP) is 2.45. The molecule has 2 aliphatic heterocycles. The van der Waals surface area contributed by atoms with E-state index in [4.69, 9.17) is 9.47 Å². The second kappa shape index (κ2) is 5.18. The maximum absolute atomic E-state index is 11.3. The van der Waals surface area contributed by atoms with Crippen LogP contribution in [0.1, 0.15) is 35.0 Å². The quantitative estimate of drug-likeness (QED) is 0.633. The highest BCUT2D eigenvalue weighted by Crippen LogP contribution is 2.32. The van der Waals surface area contributed by atoms with Crippen LogP contribution in [0.4, 0.5) is 4.79 Å². The van der Waals surface area contributed by atoms with Crippen LogP contribution in [-0.2, 0) is 16.0 Å². The molecule has 0 saturated carbocycles. The molecule has 2 fully saturated rings. The number of carbonyl (C=O) groups is 2. The lowest BCUT2D eigenvalue weighted by atomic mass is 9.92. The minimum atomic E-state index is -0.539. The van der Waals surface area contributed by atoms with Crippen LogP contribution >= 0.6 is 11.3 Å². The van der Waals surface area contributed by atoms with E-state index in [2.05, 4.69) is 4.90 Å². The molecule has 5 nitrogen and oxygen atoms in total. The van der Waals surface area contributed by atoms with Crippen molar-refractivity contribution in [3.8, 4) is 0 Å². The van der Waals surface area contributed by atoms with Crippen molar-refractivity contribution in [2.75, 3.05) is 19.7 Å². The zero-order valence-electron chi connectivity index (χ0n) is 11.4. The van der Waals surface area contributed by atoms with Crippen LogP contribution < -0.4 is 0 Å². The number of carbonyl (C=O) groups excluding carboxylic acids is 2. The van der Waals surface area contributed by atoms with Crippen LogP contribution in [0, 0.1) is 0 Å². The number of piperidine rings is 1. The third-order valence-corrected chi connectivity index (χ3v) is 5.01. The molecule has 1 aromatic rings. The summed E-state index contributed by atoms with van der Waals surface area (Å²) in [6.45, 7) is 4.57. The van der Waals surface area contributed by atoms with Gasteiger partial charge in [0.05, 0.1) is 4.88 Å². The summed E-state index contributed by atoms with van der Waals surface area (Å²) in [7, 11) is 0. The predicted molar refractivity (Wildman–Crippen MR) is 74.0 cm³/mol. The molecule has 0 radical (unpaired) electrons. The topological polar surface area (TPSA) is 55.8 Å². The number of nitrogens with zero attached hydrogens (tertiary/aromatic N) is 1. The maximum atomic E-state index is 11.3. The fourth-order valence-electron chi connectivity index (χ4n) is 2.69. The maximum Gasteiger partial charge on any atom is 0.509 e. The standard InChI is InChI=1S/C14H17NO4S/c1-10(16)12-6-11(8-20-12)7-15-4-2-14(3-5-15)9-18-13(17)19-14/h6,8H,2-5,7,9H2,1H3. The van der Waals surface area contributed by atoms with Gasteiger partial charge in [-0.1, -0.05) is 0 Å². The molecule has 0 aliphatic carbocycles. The number of thiophene rings is 1. The molecule has 6 heteroatoms. The smallest absolute Gasteiger partial charge is 0.430 e. The van der Waals surface area contributed by atoms with Gasteiger partial charge in [-0.05, 0) is 23.9 Å². The zero-order valence-corrected chi connectivity index (χ0v) is 12.2. The van der Waals surface area contributed by atoms with Gasteiger partial charge in [0.1, 0.15) is 6.61 Å². The first-order valence-corrected chi connectivity index (χ1v) is 7.61. The fourth-order valence-corrected chi connectivity index (χ4v) is 3.50. The molecule has 3 rings (SSSR count). The monoisotopic (exact) mass is 295 g/mol. The summed E-state index contributed by atoms with van der Waals surface area (Å²) in [6.07, 6.45) is 1.08. The second-order valence-electron chi connectivity index (χ2n) is 5.48. The van der Waals surface area contributed by atoms with Crippen molar-refractivity contribution in [2.45, 2.75) is 31.9 Å². The zero-order chi connectivity index (χ0) is 14.2. The average Bonchev–Trinajstić information content (AvgIpc) is 3.01. The molecule has 2 aliphatic rings. The molecule has 1 spiro atoms. The molecule has 2 saturated heterocycles. The second-order valence-corrected chi connectivity index (χ2v) is 6.39. The summed E-state index contributed by atoms with van der Waals surface area (Å²) in [4.78, 5) is 25.5. The third-order valence-electron chi connectivity index (χ3n) is 3.93. The lowest BCUT2D eigenvalue weighted by molar-refractivity contribution is -0.00160. The Kier molecular flexibility index (Phi) is 3.52. The minimum Gasteiger partial charge on any atom is -0.430 e. The molecule has 0 N–H and O–H groups in total. The van der Waals surface area contributed by atoms with Gasteiger partial charge in [0.2, 0.25) is 0 Å². The number of cyclic esters (lactones) is 1. The van der Waals surface area contributed by atoms with Crippen LogP contribution in [0.3, 0.4) is 0 Å². The van der Waals surface area contributed by atoms with Crippen molar-refractivity contribution in [3.05, 3.63) is 21.9 Å². The molecule has 1 aromatic heterocycles. The number of rotatable bonds is 3. The highest BCUT2D eigenvalue weighted by atomic mass is 32.1. The van der Waals surface area contributed by atoms with E-state index in [1.165, 1.54) is 16.9 Å². The van der Waals surface area contributed by atoms with E-state index in [0.717, 1.165) is 37.4 Å². The molecule has 20 heavy (non-hydrogen) atoms. The summed E-state index contributed by atoms with van der Waals surface area (Å²) in [5.41, 5.74) is 0.781. The lowest BCUT2D eigenvalue weighted by Crippen LogP contribution is -2.45. The Morgan fingerprint density at radius 1 is 1.45 bits per heavy atom. The van der Waals surface area contributed by atoms with Gasteiger partial charge in [-0.2, -0.15) is 0 Å². The molecular formula is C14H17NO4S. The molecule has 108 valence electrons. The number of ether oxygens (including phenoxy) is 2. The van der Waals surface area contributed by atoms with Gasteiger partial charge < -0.3 is 9.47 Å². The van der Waals surface area contributed by atoms with Crippen molar-refractivity contribution >= 4 is 23.3 Å². The van der Waals surface area contributed by atoms with Gasteiger partial charge >= 0.3 is 6.16 Å². The van der Waals surface area contributed by atoms with Crippen LogP contribution in [0.5, 0.6) is 0 Å². The molecule has 0 unspecified atom stereocenters. The van der Waals surface area contributed by atoms with Crippen molar-refractivity contribution < 1.29 is 19.1 Å². The number of hydrogen-bond donors (Lipinski definition) is 0. The Balaban J connectivity index is 1.55. The molecule has 0 aromatic carbocycles. The number of likely N-dealkylation sites (tertiary alicyclic amines) is 1. The lowest BCUT2D eigenvalue weighted by Gasteiger charge is -2.36. The van der Waals surface area contributed by atoms with Crippen LogP contribution in [0.2, 0.25) is 0 Å². The van der Waals surface area contributed by atoms with Crippen LogP contribution in [0.25, 0.3) is 0 Å². The summed E-state index contributed by atoms with van der Waals surface area (Å²) < 4.78 is 10.2. The van der Waals surface area contributed by atoms with E-state index < -0.39 is 11.8 Å². The number of ketones is 1. The van der Waals surface area contributed by atoms with Gasteiger partial charge in [0.15, 0.2) is 11.4 Å². The van der Waals surface area contributed by atoms with E-state index in [1.54, 1.807) is 6.92 Å². The average molecular weight is 295 g/mol. The molecule has 3 heterocycles. The Labute approximate surface area is 121 Å². The fraction of sp³-hybridized carbons (Fsp3) is 0.571. The van der Waals surface area contributed by atoms with Gasteiger partial charge in [0.25, 0.3) is 0 Å². The first-order chi connectivity index (χ1) is 9.56. The van der Waals surface area contributed by atoms with E-state index in [1.807, 2.05) is 11.4 Å². The minimum absolute atomic E-state index is 0.119. The van der Waals surface area contributed by atoms with E-state index in [-0.39, 0.29) is 5.78 Å². The molecule has 0 amide bonds. The Bertz CT molecular complexity index is 531. The van der Waals surface area contributed by atoms with Gasteiger partial charge in [0, 0.05) is 32.5 Å². The van der Waals surface area contributed by atoms with Gasteiger partial charge in [-0.25, -0.2) is 4.79 Å². The van der Waals surface area contributed by atoms with E-state index in [9.17, 15) is 9.59 Å². The van der Waals surface area contributed by atoms with Crippen molar-refractivity contribution in [2.24, 2.45) is 0 Å². The van der Waals surface area contributed by atoms with Gasteiger partial charge in [-0.15, -0.1) is 11.3 Å². The first-order valence-electron chi connectivity index (χ1n) is 6.73.